The van der Waals surface area contributed by atoms with E-state index in [2.05, 4.69) is 57.2 Å². The molecule has 4 aromatic rings. The summed E-state index contributed by atoms with van der Waals surface area (Å²) >= 11 is 7.61. The van der Waals surface area contributed by atoms with E-state index >= 15 is 0 Å². The third-order valence-electron chi connectivity index (χ3n) is 4.70. The maximum atomic E-state index is 6.18. The summed E-state index contributed by atoms with van der Waals surface area (Å²) in [5.74, 6) is 1.77. The first kappa shape index (κ1) is 20.7. The first-order valence-electron chi connectivity index (χ1n) is 9.64. The van der Waals surface area contributed by atoms with E-state index in [1.165, 1.54) is 10.8 Å². The van der Waals surface area contributed by atoms with E-state index in [4.69, 9.17) is 16.3 Å². The van der Waals surface area contributed by atoms with Crippen LogP contribution in [-0.4, -0.2) is 32.5 Å². The molecule has 0 saturated carbocycles. The Kier molecular flexibility index (Phi) is 6.84. The summed E-state index contributed by atoms with van der Waals surface area (Å²) in [6, 6.07) is 20.3. The fourth-order valence-electron chi connectivity index (χ4n) is 3.15. The van der Waals surface area contributed by atoms with Crippen LogP contribution in [0.4, 0.5) is 0 Å². The maximum absolute atomic E-state index is 6.18. The third-order valence-corrected chi connectivity index (χ3v) is 5.96. The van der Waals surface area contributed by atoms with Crippen molar-refractivity contribution in [1.29, 1.82) is 0 Å². The van der Waals surface area contributed by atoms with E-state index in [1.54, 1.807) is 16.4 Å². The fourth-order valence-corrected chi connectivity index (χ4v) is 4.02. The summed E-state index contributed by atoms with van der Waals surface area (Å²) < 4.78 is 7.86. The van der Waals surface area contributed by atoms with Gasteiger partial charge in [-0.3, -0.25) is 0 Å². The van der Waals surface area contributed by atoms with Crippen LogP contribution in [0, 0.1) is 0 Å². The van der Waals surface area contributed by atoms with Crippen LogP contribution in [0.25, 0.3) is 10.8 Å². The number of aromatic nitrogens is 4. The van der Waals surface area contributed by atoms with E-state index in [0.29, 0.717) is 6.61 Å². The third kappa shape index (κ3) is 5.11. The van der Waals surface area contributed by atoms with Crippen LogP contribution in [0.2, 0.25) is 5.02 Å². The van der Waals surface area contributed by atoms with Crippen molar-refractivity contribution in [3.8, 4) is 5.75 Å². The van der Waals surface area contributed by atoms with Gasteiger partial charge in [0.1, 0.15) is 12.4 Å². The molecule has 0 atom stereocenters. The highest BCUT2D eigenvalue weighted by molar-refractivity contribution is 7.99. The lowest BCUT2D eigenvalue weighted by Gasteiger charge is -2.15. The van der Waals surface area contributed by atoms with Crippen molar-refractivity contribution >= 4 is 34.1 Å². The number of fused-ring (bicyclic) bond motifs is 1. The summed E-state index contributed by atoms with van der Waals surface area (Å²) in [5.41, 5.74) is 2.24. The number of nitrogens with zero attached hydrogens (tertiary/aromatic N) is 4. The van der Waals surface area contributed by atoms with E-state index in [-0.39, 0.29) is 0 Å². The Morgan fingerprint density at radius 2 is 1.90 bits per heavy atom. The molecule has 0 aliphatic rings. The van der Waals surface area contributed by atoms with E-state index < -0.39 is 0 Å². The lowest BCUT2D eigenvalue weighted by atomic mass is 10.0. The average molecular weight is 440 g/mol. The Balaban J connectivity index is 1.43. The molecule has 1 heterocycles. The van der Waals surface area contributed by atoms with Crippen LogP contribution < -0.4 is 10.1 Å². The first-order valence-corrected chi connectivity index (χ1v) is 11.0. The van der Waals surface area contributed by atoms with Crippen molar-refractivity contribution in [2.75, 3.05) is 12.3 Å². The Labute approximate surface area is 184 Å². The SMILES string of the molecule is Cn1nnnc1SCCNCc1c(OCc2ccc(Cl)cc2)ccc2ccccc12. The maximum Gasteiger partial charge on any atom is 0.209 e. The van der Waals surface area contributed by atoms with Gasteiger partial charge in [0.25, 0.3) is 0 Å². The van der Waals surface area contributed by atoms with Crippen molar-refractivity contribution in [3.63, 3.8) is 0 Å². The smallest absolute Gasteiger partial charge is 0.209 e. The molecule has 0 fully saturated rings. The number of hydrogen-bond donors (Lipinski definition) is 1. The number of thioether (sulfide) groups is 1. The van der Waals surface area contributed by atoms with Crippen molar-refractivity contribution in [3.05, 3.63) is 76.8 Å². The van der Waals surface area contributed by atoms with Gasteiger partial charge in [-0.2, -0.15) is 0 Å². The summed E-state index contributed by atoms with van der Waals surface area (Å²) in [6.45, 7) is 2.05. The highest BCUT2D eigenvalue weighted by atomic mass is 35.5. The second-order valence-electron chi connectivity index (χ2n) is 6.79. The molecule has 0 unspecified atom stereocenters. The second kappa shape index (κ2) is 9.93. The van der Waals surface area contributed by atoms with Gasteiger partial charge in [-0.05, 0) is 45.0 Å². The van der Waals surface area contributed by atoms with Gasteiger partial charge in [-0.25, -0.2) is 4.68 Å². The van der Waals surface area contributed by atoms with Crippen LogP contribution in [0.1, 0.15) is 11.1 Å². The number of ether oxygens (including phenoxy) is 1. The van der Waals surface area contributed by atoms with Gasteiger partial charge in [0, 0.05) is 36.5 Å². The molecule has 154 valence electrons. The molecule has 0 radical (unpaired) electrons. The molecule has 0 amide bonds. The van der Waals surface area contributed by atoms with Crippen LogP contribution in [-0.2, 0) is 20.2 Å². The largest absolute Gasteiger partial charge is 0.489 e. The van der Waals surface area contributed by atoms with Gasteiger partial charge in [0.15, 0.2) is 0 Å². The fraction of sp³-hybridized carbons (Fsp3) is 0.227. The number of nitrogens with one attached hydrogen (secondary N) is 1. The number of halogens is 1. The molecule has 1 aromatic heterocycles. The molecule has 4 rings (SSSR count). The molecular weight excluding hydrogens is 418 g/mol. The molecule has 1 N–H and O–H groups in total. The topological polar surface area (TPSA) is 64.9 Å². The van der Waals surface area contributed by atoms with Crippen LogP contribution in [0.3, 0.4) is 0 Å². The van der Waals surface area contributed by atoms with Crippen molar-refractivity contribution < 1.29 is 4.74 Å². The van der Waals surface area contributed by atoms with Crippen LogP contribution in [0.5, 0.6) is 5.75 Å². The summed E-state index contributed by atoms with van der Waals surface area (Å²) in [7, 11) is 1.84. The van der Waals surface area contributed by atoms with Gasteiger partial charge < -0.3 is 10.1 Å². The molecule has 8 heteroatoms. The molecule has 0 bridgehead atoms. The number of rotatable bonds is 9. The Hall–Kier alpha value is -2.61. The van der Waals surface area contributed by atoms with E-state index in [0.717, 1.165) is 45.9 Å². The zero-order chi connectivity index (χ0) is 20.8. The Morgan fingerprint density at radius 1 is 1.07 bits per heavy atom. The number of hydrogen-bond acceptors (Lipinski definition) is 6. The molecule has 0 spiro atoms. The van der Waals surface area contributed by atoms with Crippen molar-refractivity contribution in [2.45, 2.75) is 18.3 Å². The molecule has 6 nitrogen and oxygen atoms in total. The predicted molar refractivity (Wildman–Crippen MR) is 121 cm³/mol. The van der Waals surface area contributed by atoms with Gasteiger partial charge in [-0.15, -0.1) is 5.10 Å². The van der Waals surface area contributed by atoms with E-state index in [1.807, 2.05) is 31.3 Å². The minimum Gasteiger partial charge on any atom is -0.489 e. The van der Waals surface area contributed by atoms with Crippen LogP contribution in [0.15, 0.2) is 65.8 Å². The van der Waals surface area contributed by atoms with Gasteiger partial charge >= 0.3 is 0 Å². The Bertz CT molecular complexity index is 1120. The summed E-state index contributed by atoms with van der Waals surface area (Å²) in [5, 5.41) is 19.0. The minimum atomic E-state index is 0.498. The first-order chi connectivity index (χ1) is 14.7. The summed E-state index contributed by atoms with van der Waals surface area (Å²) in [4.78, 5) is 0. The standard InChI is InChI=1S/C22H22ClN5OS/c1-28-22(25-26-27-28)30-13-12-24-14-20-19-5-3-2-4-17(19)8-11-21(20)29-15-16-6-9-18(23)10-7-16/h2-11,24H,12-15H2,1H3. The number of benzene rings is 3. The number of aryl methyl sites for hydroxylation is 1. The molecular formula is C22H22ClN5OS. The van der Waals surface area contributed by atoms with E-state index in [9.17, 15) is 0 Å². The average Bonchev–Trinajstić information content (AvgIpc) is 3.18. The van der Waals surface area contributed by atoms with Crippen LogP contribution >= 0.6 is 23.4 Å². The second-order valence-corrected chi connectivity index (χ2v) is 8.29. The minimum absolute atomic E-state index is 0.498. The lowest BCUT2D eigenvalue weighted by Crippen LogP contribution is -2.17. The quantitative estimate of drug-likeness (QED) is 0.306. The Morgan fingerprint density at radius 3 is 2.70 bits per heavy atom. The number of tetrazole rings is 1. The predicted octanol–water partition coefficient (Wildman–Crippen LogP) is 4.48. The van der Waals surface area contributed by atoms with Crippen molar-refractivity contribution in [1.82, 2.24) is 25.5 Å². The normalized spacial score (nSPS) is 11.1. The molecule has 0 saturated heterocycles. The monoisotopic (exact) mass is 439 g/mol. The molecule has 30 heavy (non-hydrogen) atoms. The lowest BCUT2D eigenvalue weighted by molar-refractivity contribution is 0.303. The highest BCUT2D eigenvalue weighted by Gasteiger charge is 2.10. The molecule has 0 aliphatic heterocycles. The van der Waals surface area contributed by atoms with Gasteiger partial charge in [0.05, 0.1) is 0 Å². The highest BCUT2D eigenvalue weighted by Crippen LogP contribution is 2.29. The van der Waals surface area contributed by atoms with Gasteiger partial charge in [0.2, 0.25) is 5.16 Å². The zero-order valence-corrected chi connectivity index (χ0v) is 18.2. The summed E-state index contributed by atoms with van der Waals surface area (Å²) in [6.07, 6.45) is 0. The van der Waals surface area contributed by atoms with Crippen molar-refractivity contribution in [2.24, 2.45) is 7.05 Å². The molecule has 3 aromatic carbocycles. The molecule has 0 aliphatic carbocycles. The zero-order valence-electron chi connectivity index (χ0n) is 16.6. The van der Waals surface area contributed by atoms with Gasteiger partial charge in [-0.1, -0.05) is 65.8 Å².